The molecule has 4 heteroatoms. The molecule has 0 spiro atoms. The Hall–Kier alpha value is -1.32. The van der Waals surface area contributed by atoms with Crippen LogP contribution in [-0.2, 0) is 0 Å². The molecule has 2 nitrogen and oxygen atoms in total. The van der Waals surface area contributed by atoms with Crippen LogP contribution in [0.3, 0.4) is 0 Å². The van der Waals surface area contributed by atoms with E-state index in [4.69, 9.17) is 0 Å². The highest BCUT2D eigenvalue weighted by molar-refractivity contribution is 5.59. The molecule has 2 rings (SSSR count). The van der Waals surface area contributed by atoms with Gasteiger partial charge in [0.05, 0.1) is 0 Å². The van der Waals surface area contributed by atoms with E-state index >= 15 is 0 Å². The van der Waals surface area contributed by atoms with Crippen molar-refractivity contribution in [2.24, 2.45) is 0 Å². The lowest BCUT2D eigenvalue weighted by atomic mass is 9.82. The maximum Gasteiger partial charge on any atom is 0.387 e. The molecule has 1 atom stereocenters. The second kappa shape index (κ2) is 4.17. The third-order valence-corrected chi connectivity index (χ3v) is 3.07. The van der Waals surface area contributed by atoms with Gasteiger partial charge in [0.1, 0.15) is 5.75 Å². The molecule has 17 heavy (non-hydrogen) atoms. The average Bonchev–Trinajstić information content (AvgIpc) is 2.16. The number of rotatable bonds is 2. The van der Waals surface area contributed by atoms with Gasteiger partial charge < -0.3 is 10.1 Å². The minimum atomic E-state index is -2.77. The number of fused-ring (bicyclic) bond motifs is 1. The fourth-order valence-corrected chi connectivity index (χ4v) is 2.53. The van der Waals surface area contributed by atoms with Gasteiger partial charge in [0.25, 0.3) is 0 Å². The van der Waals surface area contributed by atoms with Crippen LogP contribution < -0.4 is 10.1 Å². The molecule has 1 N–H and O–H groups in total. The predicted octanol–water partition coefficient (Wildman–Crippen LogP) is 3.99. The standard InChI is InChI=1S/C13H17F2NO/c1-8-7-13(2,3)16-11-5-4-9(6-10(8)11)17-12(14)15/h4-6,8,12,16H,7H2,1-3H3. The number of hydrogen-bond acceptors (Lipinski definition) is 2. The summed E-state index contributed by atoms with van der Waals surface area (Å²) in [6.07, 6.45) is 0.970. The Balaban J connectivity index is 2.30. The topological polar surface area (TPSA) is 21.3 Å². The molecule has 0 aliphatic carbocycles. The zero-order valence-electron chi connectivity index (χ0n) is 10.3. The normalized spacial score (nSPS) is 21.9. The lowest BCUT2D eigenvalue weighted by Crippen LogP contribution is -2.36. The van der Waals surface area contributed by atoms with Crippen LogP contribution in [0.1, 0.15) is 38.7 Å². The van der Waals surface area contributed by atoms with Crippen molar-refractivity contribution < 1.29 is 13.5 Å². The van der Waals surface area contributed by atoms with Crippen LogP contribution in [-0.4, -0.2) is 12.2 Å². The van der Waals surface area contributed by atoms with Gasteiger partial charge in [-0.2, -0.15) is 8.78 Å². The summed E-state index contributed by atoms with van der Waals surface area (Å²) in [6, 6.07) is 5.09. The van der Waals surface area contributed by atoms with Crippen molar-refractivity contribution in [3.05, 3.63) is 23.8 Å². The highest BCUT2D eigenvalue weighted by Crippen LogP contribution is 2.40. The number of hydrogen-bond donors (Lipinski definition) is 1. The smallest absolute Gasteiger partial charge is 0.387 e. The highest BCUT2D eigenvalue weighted by Gasteiger charge is 2.29. The van der Waals surface area contributed by atoms with Crippen LogP contribution in [0.4, 0.5) is 14.5 Å². The fraction of sp³-hybridized carbons (Fsp3) is 0.538. The number of anilines is 1. The third-order valence-electron chi connectivity index (χ3n) is 3.07. The van der Waals surface area contributed by atoms with Gasteiger partial charge >= 0.3 is 6.61 Å². The molecular formula is C13H17F2NO. The molecule has 94 valence electrons. The van der Waals surface area contributed by atoms with Crippen molar-refractivity contribution >= 4 is 5.69 Å². The van der Waals surface area contributed by atoms with E-state index in [2.05, 4.69) is 30.8 Å². The van der Waals surface area contributed by atoms with Gasteiger partial charge in [0.15, 0.2) is 0 Å². The Labute approximate surface area is 100.0 Å². The van der Waals surface area contributed by atoms with E-state index in [9.17, 15) is 8.78 Å². The van der Waals surface area contributed by atoms with Crippen LogP contribution in [0.5, 0.6) is 5.75 Å². The van der Waals surface area contributed by atoms with Gasteiger partial charge in [0.2, 0.25) is 0 Å². The van der Waals surface area contributed by atoms with Gasteiger partial charge in [-0.1, -0.05) is 6.92 Å². The molecule has 0 radical (unpaired) electrons. The molecule has 0 bridgehead atoms. The summed E-state index contributed by atoms with van der Waals surface area (Å²) < 4.78 is 28.7. The lowest BCUT2D eigenvalue weighted by Gasteiger charge is -2.37. The van der Waals surface area contributed by atoms with Crippen LogP contribution >= 0.6 is 0 Å². The van der Waals surface area contributed by atoms with Gasteiger partial charge in [0, 0.05) is 11.2 Å². The van der Waals surface area contributed by atoms with E-state index in [0.717, 1.165) is 17.7 Å². The first-order valence-electron chi connectivity index (χ1n) is 5.74. The lowest BCUT2D eigenvalue weighted by molar-refractivity contribution is -0.0499. The van der Waals surface area contributed by atoms with E-state index in [1.165, 1.54) is 0 Å². The van der Waals surface area contributed by atoms with Crippen LogP contribution in [0.15, 0.2) is 18.2 Å². The summed E-state index contributed by atoms with van der Waals surface area (Å²) in [4.78, 5) is 0. The van der Waals surface area contributed by atoms with Crippen molar-refractivity contribution in [3.63, 3.8) is 0 Å². The Kier molecular flexibility index (Phi) is 2.98. The van der Waals surface area contributed by atoms with Crippen LogP contribution in [0.2, 0.25) is 0 Å². The molecule has 1 aliphatic rings. The number of alkyl halides is 2. The van der Waals surface area contributed by atoms with Crippen LogP contribution in [0, 0.1) is 0 Å². The number of halogens is 2. The molecule has 1 aromatic carbocycles. The van der Waals surface area contributed by atoms with Crippen molar-refractivity contribution in [1.82, 2.24) is 0 Å². The highest BCUT2D eigenvalue weighted by atomic mass is 19.3. The molecule has 0 fully saturated rings. The molecule has 1 heterocycles. The summed E-state index contributed by atoms with van der Waals surface area (Å²) >= 11 is 0. The predicted molar refractivity (Wildman–Crippen MR) is 63.8 cm³/mol. The van der Waals surface area contributed by atoms with Crippen LogP contribution in [0.25, 0.3) is 0 Å². The van der Waals surface area contributed by atoms with Crippen molar-refractivity contribution in [1.29, 1.82) is 0 Å². The minimum Gasteiger partial charge on any atom is -0.435 e. The van der Waals surface area contributed by atoms with Gasteiger partial charge in [-0.3, -0.25) is 0 Å². The molecule has 0 saturated carbocycles. The maximum atomic E-state index is 12.1. The van der Waals surface area contributed by atoms with Crippen molar-refractivity contribution in [2.45, 2.75) is 45.3 Å². The zero-order chi connectivity index (χ0) is 12.6. The Morgan fingerprint density at radius 3 is 2.76 bits per heavy atom. The van der Waals surface area contributed by atoms with Crippen molar-refractivity contribution in [2.75, 3.05) is 5.32 Å². The molecule has 0 aromatic heterocycles. The second-order valence-electron chi connectivity index (χ2n) is 5.24. The molecule has 1 unspecified atom stereocenters. The first-order chi connectivity index (χ1) is 7.87. The quantitative estimate of drug-likeness (QED) is 0.845. The maximum absolute atomic E-state index is 12.1. The van der Waals surface area contributed by atoms with Gasteiger partial charge in [-0.05, 0) is 49.9 Å². The summed E-state index contributed by atoms with van der Waals surface area (Å²) in [5, 5.41) is 3.40. The summed E-state index contributed by atoms with van der Waals surface area (Å²) in [5.74, 6) is 0.564. The van der Waals surface area contributed by atoms with E-state index in [-0.39, 0.29) is 11.3 Å². The van der Waals surface area contributed by atoms with E-state index in [1.807, 2.05) is 6.07 Å². The third kappa shape index (κ3) is 2.68. The Bertz CT molecular complexity index is 418. The molecule has 0 saturated heterocycles. The molecule has 0 amide bonds. The second-order valence-corrected chi connectivity index (χ2v) is 5.24. The zero-order valence-corrected chi connectivity index (χ0v) is 10.3. The molecular weight excluding hydrogens is 224 g/mol. The number of benzene rings is 1. The summed E-state index contributed by atoms with van der Waals surface area (Å²) in [6.45, 7) is 3.61. The first kappa shape index (κ1) is 12.1. The van der Waals surface area contributed by atoms with E-state index in [0.29, 0.717) is 5.92 Å². The Morgan fingerprint density at radius 1 is 1.41 bits per heavy atom. The fourth-order valence-electron chi connectivity index (χ4n) is 2.53. The van der Waals surface area contributed by atoms with Crippen molar-refractivity contribution in [3.8, 4) is 5.75 Å². The first-order valence-corrected chi connectivity index (χ1v) is 5.74. The summed E-state index contributed by atoms with van der Waals surface area (Å²) in [5.41, 5.74) is 2.09. The van der Waals surface area contributed by atoms with E-state index in [1.54, 1.807) is 12.1 Å². The minimum absolute atomic E-state index is 0.0392. The van der Waals surface area contributed by atoms with Gasteiger partial charge in [-0.25, -0.2) is 0 Å². The largest absolute Gasteiger partial charge is 0.435 e. The SMILES string of the molecule is CC1CC(C)(C)Nc2ccc(OC(F)F)cc21. The Morgan fingerprint density at radius 2 is 2.12 bits per heavy atom. The number of ether oxygens (including phenoxy) is 1. The van der Waals surface area contributed by atoms with Gasteiger partial charge in [-0.15, -0.1) is 0 Å². The van der Waals surface area contributed by atoms with E-state index < -0.39 is 6.61 Å². The average molecular weight is 241 g/mol. The number of nitrogens with one attached hydrogen (secondary N) is 1. The summed E-state index contributed by atoms with van der Waals surface area (Å²) in [7, 11) is 0. The molecule has 1 aromatic rings. The monoisotopic (exact) mass is 241 g/mol. The molecule has 1 aliphatic heterocycles.